The number of hydrogen-bond acceptors (Lipinski definition) is 2. The highest BCUT2D eigenvalue weighted by Gasteiger charge is 2.26. The van der Waals surface area contributed by atoms with Gasteiger partial charge in [0.25, 0.3) is 0 Å². The van der Waals surface area contributed by atoms with Crippen LogP contribution in [0.5, 0.6) is 0 Å². The third kappa shape index (κ3) is 2.29. The second-order valence-corrected chi connectivity index (χ2v) is 5.08. The standard InChI is InChI=1S/C14H14N2S/c1-9-2-4-10(5-3-9)12-8-13(17)16-14(15-12)11-6-7-11/h2-5,8,11H,6-7H2,1H3,(H,15,16,17). The molecule has 0 aliphatic heterocycles. The molecule has 1 aromatic carbocycles. The number of hydrogen-bond donors (Lipinski definition) is 1. The lowest BCUT2D eigenvalue weighted by Gasteiger charge is -2.05. The minimum Gasteiger partial charge on any atom is -0.343 e. The molecular formula is C14H14N2S. The maximum absolute atomic E-state index is 5.23. The van der Waals surface area contributed by atoms with Crippen molar-refractivity contribution in [3.63, 3.8) is 0 Å². The third-order valence-corrected chi connectivity index (χ3v) is 3.30. The first-order valence-electron chi connectivity index (χ1n) is 5.91. The smallest absolute Gasteiger partial charge is 0.130 e. The first-order valence-corrected chi connectivity index (χ1v) is 6.31. The summed E-state index contributed by atoms with van der Waals surface area (Å²) in [6.45, 7) is 2.09. The molecule has 1 fully saturated rings. The summed E-state index contributed by atoms with van der Waals surface area (Å²) in [6, 6.07) is 10.4. The summed E-state index contributed by atoms with van der Waals surface area (Å²) in [5.74, 6) is 1.65. The zero-order valence-electron chi connectivity index (χ0n) is 9.73. The van der Waals surface area contributed by atoms with Crippen molar-refractivity contribution in [3.8, 4) is 11.3 Å². The van der Waals surface area contributed by atoms with E-state index in [1.165, 1.54) is 24.0 Å². The lowest BCUT2D eigenvalue weighted by atomic mass is 10.1. The zero-order chi connectivity index (χ0) is 11.8. The summed E-state index contributed by atoms with van der Waals surface area (Å²) < 4.78 is 0.682. The van der Waals surface area contributed by atoms with E-state index in [2.05, 4.69) is 41.2 Å². The molecule has 0 bridgehead atoms. The van der Waals surface area contributed by atoms with Gasteiger partial charge in [-0.2, -0.15) is 0 Å². The minimum atomic E-state index is 0.599. The maximum atomic E-state index is 5.23. The van der Waals surface area contributed by atoms with Crippen LogP contribution in [0.15, 0.2) is 30.3 Å². The van der Waals surface area contributed by atoms with E-state index in [9.17, 15) is 0 Å². The number of nitrogens with one attached hydrogen (secondary N) is 1. The third-order valence-electron chi connectivity index (χ3n) is 3.09. The Balaban J connectivity index is 2.07. The van der Waals surface area contributed by atoms with Crippen LogP contribution >= 0.6 is 12.2 Å². The molecule has 2 nitrogen and oxygen atoms in total. The van der Waals surface area contributed by atoms with E-state index >= 15 is 0 Å². The molecule has 86 valence electrons. The average molecular weight is 242 g/mol. The van der Waals surface area contributed by atoms with Crippen LogP contribution in [-0.4, -0.2) is 9.97 Å². The van der Waals surface area contributed by atoms with E-state index in [0.29, 0.717) is 10.6 Å². The van der Waals surface area contributed by atoms with Crippen molar-refractivity contribution in [2.24, 2.45) is 0 Å². The first-order chi connectivity index (χ1) is 8.22. The molecule has 0 amide bonds. The van der Waals surface area contributed by atoms with Crippen LogP contribution < -0.4 is 0 Å². The fraction of sp³-hybridized carbons (Fsp3) is 0.286. The normalized spacial score (nSPS) is 14.9. The van der Waals surface area contributed by atoms with Crippen LogP contribution in [0.1, 0.15) is 30.1 Å². The SMILES string of the molecule is Cc1ccc(-c2cc(=S)nc(C3CC3)[nH]2)cc1. The van der Waals surface area contributed by atoms with Gasteiger partial charge in [-0.05, 0) is 31.4 Å². The number of aryl methyl sites for hydroxylation is 1. The second-order valence-electron chi connectivity index (χ2n) is 4.66. The van der Waals surface area contributed by atoms with Gasteiger partial charge in [-0.15, -0.1) is 0 Å². The lowest BCUT2D eigenvalue weighted by molar-refractivity contribution is 0.924. The zero-order valence-corrected chi connectivity index (χ0v) is 10.6. The summed E-state index contributed by atoms with van der Waals surface area (Å²) in [5.41, 5.74) is 3.52. The van der Waals surface area contributed by atoms with Crippen LogP contribution in [0.4, 0.5) is 0 Å². The Bertz CT molecular complexity index is 594. The summed E-state index contributed by atoms with van der Waals surface area (Å²) >= 11 is 5.23. The predicted octanol–water partition coefficient (Wildman–Crippen LogP) is 3.99. The van der Waals surface area contributed by atoms with E-state index in [0.717, 1.165) is 11.5 Å². The highest BCUT2D eigenvalue weighted by molar-refractivity contribution is 7.71. The van der Waals surface area contributed by atoms with E-state index < -0.39 is 0 Å². The number of H-pyrrole nitrogens is 1. The first kappa shape index (κ1) is 10.7. The molecule has 0 atom stereocenters. The van der Waals surface area contributed by atoms with Gasteiger partial charge in [-0.1, -0.05) is 42.0 Å². The van der Waals surface area contributed by atoms with Crippen LogP contribution in [0, 0.1) is 11.6 Å². The number of aromatic amines is 1. The molecule has 1 aromatic heterocycles. The van der Waals surface area contributed by atoms with Gasteiger partial charge in [0, 0.05) is 11.6 Å². The summed E-state index contributed by atoms with van der Waals surface area (Å²) in [6.07, 6.45) is 2.46. The van der Waals surface area contributed by atoms with E-state index in [1.54, 1.807) is 0 Å². The number of aromatic nitrogens is 2. The molecule has 3 heteroatoms. The van der Waals surface area contributed by atoms with Gasteiger partial charge in [0.2, 0.25) is 0 Å². The van der Waals surface area contributed by atoms with E-state index in [-0.39, 0.29) is 0 Å². The molecule has 1 saturated carbocycles. The van der Waals surface area contributed by atoms with Crippen molar-refractivity contribution in [1.82, 2.24) is 9.97 Å². The van der Waals surface area contributed by atoms with Crippen molar-refractivity contribution in [2.75, 3.05) is 0 Å². The van der Waals surface area contributed by atoms with Gasteiger partial charge in [0.05, 0.1) is 0 Å². The molecule has 1 heterocycles. The minimum absolute atomic E-state index is 0.599. The molecule has 17 heavy (non-hydrogen) atoms. The van der Waals surface area contributed by atoms with E-state index in [4.69, 9.17) is 12.2 Å². The fourth-order valence-electron chi connectivity index (χ4n) is 1.92. The molecule has 0 saturated heterocycles. The van der Waals surface area contributed by atoms with Crippen molar-refractivity contribution >= 4 is 12.2 Å². The van der Waals surface area contributed by atoms with Crippen molar-refractivity contribution in [3.05, 3.63) is 46.4 Å². The fourth-order valence-corrected chi connectivity index (χ4v) is 2.13. The van der Waals surface area contributed by atoms with Crippen LogP contribution in [0.25, 0.3) is 11.3 Å². The molecule has 3 rings (SSSR count). The van der Waals surface area contributed by atoms with Crippen LogP contribution in [0.3, 0.4) is 0 Å². The topological polar surface area (TPSA) is 28.7 Å². The molecule has 1 aliphatic carbocycles. The summed E-state index contributed by atoms with van der Waals surface area (Å²) in [4.78, 5) is 7.80. The van der Waals surface area contributed by atoms with Crippen LogP contribution in [0.2, 0.25) is 0 Å². The van der Waals surface area contributed by atoms with Crippen molar-refractivity contribution in [1.29, 1.82) is 0 Å². The monoisotopic (exact) mass is 242 g/mol. The summed E-state index contributed by atoms with van der Waals surface area (Å²) in [5, 5.41) is 0. The molecule has 2 aromatic rings. The number of benzene rings is 1. The molecule has 0 unspecified atom stereocenters. The predicted molar refractivity (Wildman–Crippen MR) is 71.6 cm³/mol. The highest BCUT2D eigenvalue weighted by Crippen LogP contribution is 2.38. The van der Waals surface area contributed by atoms with Gasteiger partial charge in [0.15, 0.2) is 0 Å². The van der Waals surface area contributed by atoms with Gasteiger partial charge >= 0.3 is 0 Å². The highest BCUT2D eigenvalue weighted by atomic mass is 32.1. The molecule has 0 spiro atoms. The van der Waals surface area contributed by atoms with Gasteiger partial charge in [-0.3, -0.25) is 0 Å². The maximum Gasteiger partial charge on any atom is 0.130 e. The Kier molecular flexibility index (Phi) is 2.56. The molecule has 1 N–H and O–H groups in total. The Morgan fingerprint density at radius 1 is 1.24 bits per heavy atom. The second kappa shape index (κ2) is 4.08. The van der Waals surface area contributed by atoms with Gasteiger partial charge < -0.3 is 4.98 Å². The Hall–Kier alpha value is -1.48. The number of nitrogens with zero attached hydrogens (tertiary/aromatic N) is 1. The summed E-state index contributed by atoms with van der Waals surface area (Å²) in [7, 11) is 0. The van der Waals surface area contributed by atoms with Crippen molar-refractivity contribution < 1.29 is 0 Å². The van der Waals surface area contributed by atoms with Gasteiger partial charge in [0.1, 0.15) is 10.5 Å². The van der Waals surface area contributed by atoms with Gasteiger partial charge in [-0.25, -0.2) is 4.98 Å². The molecule has 1 aliphatic rings. The average Bonchev–Trinajstić information content (AvgIpc) is 3.13. The number of rotatable bonds is 2. The van der Waals surface area contributed by atoms with Crippen LogP contribution in [-0.2, 0) is 0 Å². The molecular weight excluding hydrogens is 228 g/mol. The Morgan fingerprint density at radius 3 is 2.59 bits per heavy atom. The Labute approximate surface area is 106 Å². The quantitative estimate of drug-likeness (QED) is 0.807. The van der Waals surface area contributed by atoms with E-state index in [1.807, 2.05) is 6.07 Å². The molecule has 0 radical (unpaired) electrons. The lowest BCUT2D eigenvalue weighted by Crippen LogP contribution is -1.95. The Morgan fingerprint density at radius 2 is 1.94 bits per heavy atom. The largest absolute Gasteiger partial charge is 0.343 e. The van der Waals surface area contributed by atoms with Crippen molar-refractivity contribution in [2.45, 2.75) is 25.7 Å².